The van der Waals surface area contributed by atoms with Crippen LogP contribution in [-0.4, -0.2) is 56.7 Å². The van der Waals surface area contributed by atoms with Crippen LogP contribution in [0, 0.1) is 11.6 Å². The van der Waals surface area contributed by atoms with Gasteiger partial charge in [0.15, 0.2) is 23.0 Å². The second-order valence-corrected chi connectivity index (χ2v) is 12.5. The zero-order valence-electron chi connectivity index (χ0n) is 29.6. The van der Waals surface area contributed by atoms with Crippen molar-refractivity contribution in [1.82, 2.24) is 23.9 Å². The van der Waals surface area contributed by atoms with Crippen LogP contribution in [-0.2, 0) is 11.3 Å². The van der Waals surface area contributed by atoms with Gasteiger partial charge in [0.05, 0.1) is 25.9 Å². The number of ether oxygens (including phenoxy) is 3. The van der Waals surface area contributed by atoms with Crippen molar-refractivity contribution in [1.29, 1.82) is 0 Å². The third kappa shape index (κ3) is 7.79. The number of hydrogen-bond acceptors (Lipinski definition) is 9. The maximum absolute atomic E-state index is 15.7. The van der Waals surface area contributed by atoms with Crippen molar-refractivity contribution in [2.45, 2.75) is 39.4 Å². The lowest BCUT2D eigenvalue weighted by molar-refractivity contribution is 0.102. The van der Waals surface area contributed by atoms with Crippen LogP contribution in [0.2, 0.25) is 0 Å². The molecule has 0 saturated heterocycles. The van der Waals surface area contributed by atoms with Gasteiger partial charge in [-0.1, -0.05) is 12.1 Å². The number of halogens is 2. The molecule has 0 bridgehead atoms. The van der Waals surface area contributed by atoms with Crippen molar-refractivity contribution in [3.8, 4) is 22.9 Å². The Kier molecular flexibility index (Phi) is 10.7. The van der Waals surface area contributed by atoms with Crippen LogP contribution in [0.15, 0.2) is 94.8 Å². The van der Waals surface area contributed by atoms with E-state index in [0.717, 1.165) is 40.3 Å². The van der Waals surface area contributed by atoms with E-state index in [2.05, 4.69) is 15.6 Å². The number of hydrogen-bond donors (Lipinski definition) is 2. The van der Waals surface area contributed by atoms with E-state index >= 15 is 4.39 Å². The molecule has 3 heterocycles. The molecular weight excluding hydrogens is 688 g/mol. The number of nitrogens with one attached hydrogen (secondary N) is 2. The second-order valence-electron chi connectivity index (χ2n) is 12.5. The van der Waals surface area contributed by atoms with Crippen LogP contribution in [0.1, 0.15) is 42.7 Å². The van der Waals surface area contributed by atoms with E-state index in [1.54, 1.807) is 38.8 Å². The number of methoxy groups -OCH3 is 2. The van der Waals surface area contributed by atoms with Gasteiger partial charge >= 0.3 is 5.69 Å². The van der Waals surface area contributed by atoms with Gasteiger partial charge in [-0.2, -0.15) is 5.10 Å². The fourth-order valence-electron chi connectivity index (χ4n) is 5.69. The largest absolute Gasteiger partial charge is 0.497 e. The average molecular weight is 726 g/mol. The van der Waals surface area contributed by atoms with Crippen molar-refractivity contribution < 1.29 is 27.8 Å². The Morgan fingerprint density at radius 1 is 0.925 bits per heavy atom. The number of pyridine rings is 1. The van der Waals surface area contributed by atoms with Gasteiger partial charge in [-0.05, 0) is 74.9 Å². The molecule has 3 aromatic carbocycles. The summed E-state index contributed by atoms with van der Waals surface area (Å²) < 4.78 is 49.7. The predicted octanol–water partition coefficient (Wildman–Crippen LogP) is 6.15. The Hall–Kier alpha value is -6.35. The quantitative estimate of drug-likeness (QED) is 0.143. The summed E-state index contributed by atoms with van der Waals surface area (Å²) in [7, 11) is 3.19. The molecule has 6 aromatic rings. The molecule has 1 amide bonds. The number of carbonyl (C=O) groups excluding carboxylic acids is 1. The Bertz CT molecular complexity index is 2390. The summed E-state index contributed by atoms with van der Waals surface area (Å²) >= 11 is 0. The molecule has 6 rings (SSSR count). The van der Waals surface area contributed by atoms with E-state index in [-0.39, 0.29) is 34.5 Å². The summed E-state index contributed by atoms with van der Waals surface area (Å²) in [6, 6.07) is 17.1. The zero-order valence-corrected chi connectivity index (χ0v) is 29.6. The van der Waals surface area contributed by atoms with Crippen molar-refractivity contribution in [2.75, 3.05) is 31.5 Å². The third-order valence-corrected chi connectivity index (χ3v) is 8.30. The summed E-state index contributed by atoms with van der Waals surface area (Å²) in [4.78, 5) is 44.6. The summed E-state index contributed by atoms with van der Waals surface area (Å²) in [5, 5.41) is 11.2. The van der Waals surface area contributed by atoms with Gasteiger partial charge in [0, 0.05) is 49.4 Å². The van der Waals surface area contributed by atoms with Gasteiger partial charge < -0.3 is 24.8 Å². The van der Waals surface area contributed by atoms with E-state index in [9.17, 15) is 18.8 Å². The molecule has 13 nitrogen and oxygen atoms in total. The standard InChI is InChI=1S/C38H37F2N7O6/c1-22(2)45-20-29(37(49)47(38(45)50)27-11-8-25(39)9-12-27)36(48)43-26-10-15-31(30(40)18-26)53-32-16-17-41-35-33(32)34(42-23(3)21-51-4)44-46(35)19-24-6-13-28(52-5)14-7-24/h6-18,20,22-23H,19,21H2,1-5H3,(H,42,44)(H,43,48)/t23-/m1/s1. The first-order valence-electron chi connectivity index (χ1n) is 16.6. The van der Waals surface area contributed by atoms with Crippen LogP contribution in [0.25, 0.3) is 16.7 Å². The van der Waals surface area contributed by atoms with E-state index in [1.807, 2.05) is 31.2 Å². The molecule has 1 atom stereocenters. The first-order valence-corrected chi connectivity index (χ1v) is 16.6. The van der Waals surface area contributed by atoms with Crippen molar-refractivity contribution in [3.05, 3.63) is 129 Å². The van der Waals surface area contributed by atoms with Gasteiger partial charge in [0.2, 0.25) is 0 Å². The normalized spacial score (nSPS) is 11.8. The third-order valence-electron chi connectivity index (χ3n) is 8.30. The minimum atomic E-state index is -0.921. The molecule has 2 N–H and O–H groups in total. The first kappa shape index (κ1) is 36.4. The first-order chi connectivity index (χ1) is 25.5. The number of aromatic nitrogens is 5. The second kappa shape index (κ2) is 15.5. The number of anilines is 2. The van der Waals surface area contributed by atoms with Gasteiger partial charge in [0.25, 0.3) is 11.5 Å². The highest BCUT2D eigenvalue weighted by Gasteiger charge is 2.22. The monoisotopic (exact) mass is 725 g/mol. The molecule has 3 aromatic heterocycles. The smallest absolute Gasteiger partial charge is 0.335 e. The minimum absolute atomic E-state index is 0.0258. The lowest BCUT2D eigenvalue weighted by Crippen LogP contribution is -2.42. The van der Waals surface area contributed by atoms with Crippen LogP contribution >= 0.6 is 0 Å². The van der Waals surface area contributed by atoms with Crippen molar-refractivity contribution in [3.63, 3.8) is 0 Å². The molecule has 0 fully saturated rings. The summed E-state index contributed by atoms with van der Waals surface area (Å²) in [6.07, 6.45) is 2.69. The van der Waals surface area contributed by atoms with E-state index in [4.69, 9.17) is 19.3 Å². The molecular formula is C38H37F2N7O6. The lowest BCUT2D eigenvalue weighted by atomic mass is 10.2. The number of fused-ring (bicyclic) bond motifs is 1. The Morgan fingerprint density at radius 3 is 2.32 bits per heavy atom. The SMILES string of the molecule is COC[C@@H](C)Nc1nn(Cc2ccc(OC)cc2)c2nccc(Oc3ccc(NC(=O)c4cn(C(C)C)c(=O)n(-c5ccc(F)cc5)c4=O)cc3F)c12. The van der Waals surface area contributed by atoms with Crippen LogP contribution in [0.3, 0.4) is 0 Å². The number of amides is 1. The Labute approximate surface area is 302 Å². The van der Waals surface area contributed by atoms with Crippen molar-refractivity contribution >= 4 is 28.4 Å². The van der Waals surface area contributed by atoms with E-state index in [1.165, 1.54) is 35.0 Å². The van der Waals surface area contributed by atoms with E-state index < -0.39 is 34.8 Å². The topological polar surface area (TPSA) is 144 Å². The van der Waals surface area contributed by atoms with Crippen LogP contribution < -0.4 is 31.4 Å². The van der Waals surface area contributed by atoms with Crippen LogP contribution in [0.5, 0.6) is 17.2 Å². The highest BCUT2D eigenvalue weighted by atomic mass is 19.1. The van der Waals surface area contributed by atoms with E-state index in [0.29, 0.717) is 30.0 Å². The number of benzene rings is 3. The number of carbonyl (C=O) groups is 1. The Morgan fingerprint density at radius 2 is 1.66 bits per heavy atom. The molecule has 0 aliphatic rings. The molecule has 0 aliphatic carbocycles. The maximum atomic E-state index is 15.7. The molecule has 0 spiro atoms. The molecule has 15 heteroatoms. The average Bonchev–Trinajstić information content (AvgIpc) is 3.47. The predicted molar refractivity (Wildman–Crippen MR) is 196 cm³/mol. The fourth-order valence-corrected chi connectivity index (χ4v) is 5.69. The maximum Gasteiger partial charge on any atom is 0.335 e. The molecule has 0 aliphatic heterocycles. The minimum Gasteiger partial charge on any atom is -0.497 e. The Balaban J connectivity index is 1.30. The number of rotatable bonds is 13. The summed E-state index contributed by atoms with van der Waals surface area (Å²) in [6.45, 7) is 6.11. The van der Waals surface area contributed by atoms with Gasteiger partial charge in [0.1, 0.15) is 28.3 Å². The molecule has 0 unspecified atom stereocenters. The van der Waals surface area contributed by atoms with Gasteiger partial charge in [-0.15, -0.1) is 0 Å². The fraction of sp³-hybridized carbons (Fsp3) is 0.237. The van der Waals surface area contributed by atoms with Gasteiger partial charge in [-0.25, -0.2) is 27.8 Å². The zero-order chi connectivity index (χ0) is 37.8. The number of nitrogens with zero attached hydrogens (tertiary/aromatic N) is 5. The highest BCUT2D eigenvalue weighted by molar-refractivity contribution is 6.04. The lowest BCUT2D eigenvalue weighted by Gasteiger charge is -2.16. The van der Waals surface area contributed by atoms with Crippen LogP contribution in [0.4, 0.5) is 20.3 Å². The summed E-state index contributed by atoms with van der Waals surface area (Å²) in [5.41, 5.74) is -0.459. The highest BCUT2D eigenvalue weighted by Crippen LogP contribution is 2.36. The molecule has 53 heavy (non-hydrogen) atoms. The van der Waals surface area contributed by atoms with Crippen molar-refractivity contribution in [2.24, 2.45) is 0 Å². The summed E-state index contributed by atoms with van der Waals surface area (Å²) in [5.74, 6) is -0.947. The molecule has 0 radical (unpaired) electrons. The molecule has 274 valence electrons. The van der Waals surface area contributed by atoms with Gasteiger partial charge in [-0.3, -0.25) is 14.2 Å². The molecule has 0 saturated carbocycles.